The van der Waals surface area contributed by atoms with Crippen molar-refractivity contribution in [3.63, 3.8) is 0 Å². The third kappa shape index (κ3) is 5.46. The Labute approximate surface area is 161 Å². The van der Waals surface area contributed by atoms with Gasteiger partial charge in [0.1, 0.15) is 18.2 Å². The zero-order chi connectivity index (χ0) is 19.1. The highest BCUT2D eigenvalue weighted by Gasteiger charge is 2.08. The van der Waals surface area contributed by atoms with Crippen LogP contribution in [0.15, 0.2) is 64.7 Å². The number of H-pyrrole nitrogens is 1. The first-order valence-electron chi connectivity index (χ1n) is 8.43. The third-order valence-corrected chi connectivity index (χ3v) is 4.54. The highest BCUT2D eigenvalue weighted by Crippen LogP contribution is 2.26. The molecule has 138 valence electrons. The number of nitrogens with zero attached hydrogens (tertiary/aromatic N) is 2. The summed E-state index contributed by atoms with van der Waals surface area (Å²) in [6.07, 6.45) is 2.23. The zero-order valence-corrected chi connectivity index (χ0v) is 15.5. The van der Waals surface area contributed by atoms with Gasteiger partial charge in [-0.15, -0.1) is 5.10 Å². The fraction of sp³-hybridized carbons (Fsp3) is 0.150. The average molecular weight is 380 g/mol. The molecule has 0 radical (unpaired) electrons. The number of aryl methyl sites for hydroxylation is 1. The quantitative estimate of drug-likeness (QED) is 0.477. The summed E-state index contributed by atoms with van der Waals surface area (Å²) in [4.78, 5) is 15.7. The molecule has 0 unspecified atom stereocenters. The van der Waals surface area contributed by atoms with E-state index in [0.717, 1.165) is 22.9 Å². The van der Waals surface area contributed by atoms with Gasteiger partial charge in [0.15, 0.2) is 0 Å². The Balaban J connectivity index is 1.67. The van der Waals surface area contributed by atoms with E-state index in [-0.39, 0.29) is 4.91 Å². The van der Waals surface area contributed by atoms with Gasteiger partial charge in [0.2, 0.25) is 5.16 Å². The molecule has 7 heteroatoms. The highest BCUT2D eigenvalue weighted by atomic mass is 32.2. The molecule has 0 aliphatic rings. The van der Waals surface area contributed by atoms with Crippen molar-refractivity contribution >= 4 is 23.8 Å². The van der Waals surface area contributed by atoms with Gasteiger partial charge in [0.25, 0.3) is 0 Å². The van der Waals surface area contributed by atoms with Crippen molar-refractivity contribution in [1.29, 1.82) is 0 Å². The number of benzene rings is 2. The molecule has 1 heterocycles. The lowest BCUT2D eigenvalue weighted by Crippen LogP contribution is -2.23. The number of carboxylic acids is 1. The van der Waals surface area contributed by atoms with Crippen LogP contribution in [-0.2, 0) is 17.8 Å². The molecule has 2 aromatic carbocycles. The van der Waals surface area contributed by atoms with Gasteiger partial charge in [-0.1, -0.05) is 49.4 Å². The zero-order valence-electron chi connectivity index (χ0n) is 14.7. The molecular formula is C20H18N3O3S-. The molecular weight excluding hydrogens is 362 g/mol. The Morgan fingerprint density at radius 1 is 1.19 bits per heavy atom. The van der Waals surface area contributed by atoms with Crippen molar-refractivity contribution in [2.24, 2.45) is 0 Å². The summed E-state index contributed by atoms with van der Waals surface area (Å²) in [5.41, 5.74) is 1.80. The number of hydrogen-bond acceptors (Lipinski definition) is 6. The molecule has 3 rings (SSSR count). The minimum Gasteiger partial charge on any atom is -0.544 e. The lowest BCUT2D eigenvalue weighted by molar-refractivity contribution is -0.297. The topological polar surface area (TPSA) is 90.9 Å². The molecule has 0 amide bonds. The van der Waals surface area contributed by atoms with E-state index in [1.165, 1.54) is 6.08 Å². The third-order valence-electron chi connectivity index (χ3n) is 3.67. The Kier molecular flexibility index (Phi) is 6.27. The van der Waals surface area contributed by atoms with Crippen molar-refractivity contribution in [2.75, 3.05) is 0 Å². The van der Waals surface area contributed by atoms with Crippen LogP contribution in [0, 0.1) is 0 Å². The average Bonchev–Trinajstić information content (AvgIpc) is 3.15. The molecule has 0 spiro atoms. The normalized spacial score (nSPS) is 11.4. The molecule has 0 bridgehead atoms. The molecule has 0 saturated carbocycles. The Bertz CT molecular complexity index is 921. The molecule has 1 N–H and O–H groups in total. The van der Waals surface area contributed by atoms with Crippen LogP contribution in [0.1, 0.15) is 23.9 Å². The first-order valence-corrected chi connectivity index (χ1v) is 9.24. The molecule has 6 nitrogen and oxygen atoms in total. The molecule has 0 fully saturated rings. The second kappa shape index (κ2) is 9.05. The van der Waals surface area contributed by atoms with Crippen LogP contribution in [0.4, 0.5) is 0 Å². The number of hydrogen-bond donors (Lipinski definition) is 1. The summed E-state index contributed by atoms with van der Waals surface area (Å²) < 4.78 is 5.73. The molecule has 0 aliphatic heterocycles. The molecule has 0 saturated heterocycles. The molecule has 1 aromatic heterocycles. The lowest BCUT2D eigenvalue weighted by Gasteiger charge is -2.08. The Hall–Kier alpha value is -3.06. The maximum absolute atomic E-state index is 11.4. The van der Waals surface area contributed by atoms with Gasteiger partial charge in [-0.3, -0.25) is 5.10 Å². The largest absolute Gasteiger partial charge is 0.544 e. The van der Waals surface area contributed by atoms with Crippen molar-refractivity contribution in [3.05, 3.63) is 76.5 Å². The minimum atomic E-state index is -1.27. The van der Waals surface area contributed by atoms with E-state index in [0.29, 0.717) is 29.8 Å². The second-order valence-corrected chi connectivity index (χ2v) is 6.67. The van der Waals surface area contributed by atoms with Gasteiger partial charge in [-0.25, -0.2) is 4.98 Å². The molecule has 0 atom stereocenters. The van der Waals surface area contributed by atoms with Crippen LogP contribution in [0.2, 0.25) is 0 Å². The number of nitrogens with one attached hydrogen (secondary N) is 1. The number of carboxylic acid groups (broad SMARTS) is 1. The fourth-order valence-corrected chi connectivity index (χ4v) is 2.98. The maximum Gasteiger partial charge on any atom is 0.213 e. The minimum absolute atomic E-state index is 0.0367. The van der Waals surface area contributed by atoms with E-state index < -0.39 is 5.97 Å². The van der Waals surface area contributed by atoms with Gasteiger partial charge in [0.05, 0.1) is 5.97 Å². The highest BCUT2D eigenvalue weighted by molar-refractivity contribution is 8.04. The monoisotopic (exact) mass is 380 g/mol. The Morgan fingerprint density at radius 3 is 2.56 bits per heavy atom. The van der Waals surface area contributed by atoms with E-state index in [4.69, 9.17) is 4.74 Å². The van der Waals surface area contributed by atoms with E-state index in [2.05, 4.69) is 15.2 Å². The number of aromatic nitrogens is 3. The van der Waals surface area contributed by atoms with Crippen molar-refractivity contribution in [3.8, 4) is 5.75 Å². The van der Waals surface area contributed by atoms with Crippen LogP contribution >= 0.6 is 11.8 Å². The number of thioether (sulfide) groups is 1. The van der Waals surface area contributed by atoms with Crippen LogP contribution < -0.4 is 9.84 Å². The van der Waals surface area contributed by atoms with E-state index in [9.17, 15) is 9.90 Å². The summed E-state index contributed by atoms with van der Waals surface area (Å²) >= 11 is 0.954. The first-order chi connectivity index (χ1) is 13.1. The van der Waals surface area contributed by atoms with E-state index in [1.807, 2.05) is 37.3 Å². The van der Waals surface area contributed by atoms with Crippen molar-refractivity contribution < 1.29 is 14.6 Å². The summed E-state index contributed by atoms with van der Waals surface area (Å²) in [6.45, 7) is 2.41. The van der Waals surface area contributed by atoms with Crippen molar-refractivity contribution in [2.45, 2.75) is 25.1 Å². The van der Waals surface area contributed by atoms with Gasteiger partial charge >= 0.3 is 0 Å². The SMILES string of the molecule is CCc1nc(S/C(=C\c2ccc(OCc3ccccc3)cc2)C(=O)[O-])n[nH]1. The Morgan fingerprint density at radius 2 is 1.93 bits per heavy atom. The second-order valence-electron chi connectivity index (χ2n) is 5.66. The predicted octanol–water partition coefficient (Wildman–Crippen LogP) is 2.83. The van der Waals surface area contributed by atoms with Gasteiger partial charge < -0.3 is 14.6 Å². The van der Waals surface area contributed by atoms with Crippen LogP contribution in [0.25, 0.3) is 6.08 Å². The number of aliphatic carboxylic acids is 1. The number of ether oxygens (including phenoxy) is 1. The van der Waals surface area contributed by atoms with E-state index in [1.54, 1.807) is 24.3 Å². The molecule has 3 aromatic rings. The van der Waals surface area contributed by atoms with Crippen LogP contribution in [0.3, 0.4) is 0 Å². The summed E-state index contributed by atoms with van der Waals surface area (Å²) in [5, 5.41) is 18.5. The van der Waals surface area contributed by atoms with Gasteiger partial charge in [-0.05, 0) is 41.1 Å². The summed E-state index contributed by atoms with van der Waals surface area (Å²) in [5.74, 6) is 0.141. The number of rotatable bonds is 8. The smallest absolute Gasteiger partial charge is 0.213 e. The van der Waals surface area contributed by atoms with E-state index >= 15 is 0 Å². The predicted molar refractivity (Wildman–Crippen MR) is 102 cm³/mol. The standard InChI is InChI=1S/C20H19N3O3S/c1-2-18-21-20(23-22-18)27-17(19(24)25)12-14-8-10-16(11-9-14)26-13-15-6-4-3-5-7-15/h3-12H,2,13H2,1H3,(H,24,25)(H,21,22,23)/p-1/b17-12-. The van der Waals surface area contributed by atoms with Crippen LogP contribution in [-0.4, -0.2) is 21.2 Å². The van der Waals surface area contributed by atoms with Gasteiger partial charge in [0, 0.05) is 11.3 Å². The summed E-state index contributed by atoms with van der Waals surface area (Å²) in [6, 6.07) is 17.0. The lowest BCUT2D eigenvalue weighted by atomic mass is 10.2. The maximum atomic E-state index is 11.4. The molecule has 27 heavy (non-hydrogen) atoms. The fourth-order valence-electron chi connectivity index (χ4n) is 2.26. The number of aromatic amines is 1. The van der Waals surface area contributed by atoms with Crippen LogP contribution in [0.5, 0.6) is 5.75 Å². The molecule has 0 aliphatic carbocycles. The summed E-state index contributed by atoms with van der Waals surface area (Å²) in [7, 11) is 0. The number of carbonyl (C=O) groups is 1. The van der Waals surface area contributed by atoms with Crippen molar-refractivity contribution in [1.82, 2.24) is 15.2 Å². The van der Waals surface area contributed by atoms with Gasteiger partial charge in [-0.2, -0.15) is 0 Å². The first kappa shape index (κ1) is 18.7. The number of carbonyl (C=O) groups excluding carboxylic acids is 1.